The van der Waals surface area contributed by atoms with E-state index < -0.39 is 11.4 Å². The number of carboxylic acid groups (broad SMARTS) is 1. The molecule has 3 heteroatoms. The lowest BCUT2D eigenvalue weighted by Gasteiger charge is -2.10. The zero-order valence-corrected chi connectivity index (χ0v) is 8.48. The fourth-order valence-electron chi connectivity index (χ4n) is 1.60. The molecule has 0 aromatic heterocycles. The van der Waals surface area contributed by atoms with Crippen molar-refractivity contribution in [3.63, 3.8) is 0 Å². The van der Waals surface area contributed by atoms with E-state index in [1.165, 1.54) is 0 Å². The second-order valence-electron chi connectivity index (χ2n) is 4.00. The standard InChI is InChI=1S/C12H14O3/c13-11(14)12(6-7-12)8-9-15-10-4-2-1-3-5-10/h1-5H,6-9H2,(H,13,14). The van der Waals surface area contributed by atoms with Crippen molar-refractivity contribution < 1.29 is 14.6 Å². The van der Waals surface area contributed by atoms with E-state index >= 15 is 0 Å². The Hall–Kier alpha value is -1.51. The Morgan fingerprint density at radius 2 is 2.00 bits per heavy atom. The van der Waals surface area contributed by atoms with Gasteiger partial charge in [-0.15, -0.1) is 0 Å². The van der Waals surface area contributed by atoms with Crippen molar-refractivity contribution in [2.24, 2.45) is 5.41 Å². The summed E-state index contributed by atoms with van der Waals surface area (Å²) < 4.78 is 5.47. The molecule has 0 bridgehead atoms. The van der Waals surface area contributed by atoms with Crippen LogP contribution in [0.25, 0.3) is 0 Å². The minimum absolute atomic E-state index is 0.477. The first-order valence-corrected chi connectivity index (χ1v) is 5.14. The summed E-state index contributed by atoms with van der Waals surface area (Å²) in [7, 11) is 0. The number of carbonyl (C=O) groups is 1. The van der Waals surface area contributed by atoms with Gasteiger partial charge in [0, 0.05) is 0 Å². The van der Waals surface area contributed by atoms with Gasteiger partial charge in [-0.05, 0) is 31.4 Å². The Labute approximate surface area is 88.7 Å². The van der Waals surface area contributed by atoms with Crippen molar-refractivity contribution in [1.82, 2.24) is 0 Å². The molecule has 0 spiro atoms. The first-order valence-electron chi connectivity index (χ1n) is 5.14. The maximum absolute atomic E-state index is 10.9. The van der Waals surface area contributed by atoms with Gasteiger partial charge >= 0.3 is 5.97 Å². The zero-order valence-electron chi connectivity index (χ0n) is 8.48. The lowest BCUT2D eigenvalue weighted by molar-refractivity contribution is -0.143. The number of para-hydroxylation sites is 1. The second kappa shape index (κ2) is 3.93. The average molecular weight is 206 g/mol. The quantitative estimate of drug-likeness (QED) is 0.804. The number of carboxylic acids is 1. The van der Waals surface area contributed by atoms with Crippen LogP contribution in [0.2, 0.25) is 0 Å². The molecule has 3 nitrogen and oxygen atoms in total. The molecule has 1 saturated carbocycles. The van der Waals surface area contributed by atoms with E-state index in [1.807, 2.05) is 30.3 Å². The molecule has 0 atom stereocenters. The fraction of sp³-hybridized carbons (Fsp3) is 0.417. The van der Waals surface area contributed by atoms with Gasteiger partial charge in [-0.1, -0.05) is 18.2 Å². The molecule has 0 amide bonds. The zero-order chi connectivity index (χ0) is 10.7. The highest BCUT2D eigenvalue weighted by Crippen LogP contribution is 2.48. The number of rotatable bonds is 5. The molecule has 0 saturated heterocycles. The summed E-state index contributed by atoms with van der Waals surface area (Å²) in [5, 5.41) is 8.95. The first kappa shape index (κ1) is 10.0. The Morgan fingerprint density at radius 1 is 1.33 bits per heavy atom. The molecule has 0 aliphatic heterocycles. The van der Waals surface area contributed by atoms with Crippen molar-refractivity contribution in [2.75, 3.05) is 6.61 Å². The molecule has 80 valence electrons. The molecular formula is C12H14O3. The van der Waals surface area contributed by atoms with Gasteiger partial charge in [-0.3, -0.25) is 4.79 Å². The Bertz CT molecular complexity index is 341. The van der Waals surface area contributed by atoms with Crippen molar-refractivity contribution in [3.8, 4) is 5.75 Å². The molecule has 1 fully saturated rings. The maximum Gasteiger partial charge on any atom is 0.309 e. The van der Waals surface area contributed by atoms with Gasteiger partial charge in [0.05, 0.1) is 12.0 Å². The molecule has 1 aliphatic rings. The van der Waals surface area contributed by atoms with E-state index in [0.29, 0.717) is 13.0 Å². The van der Waals surface area contributed by atoms with E-state index in [2.05, 4.69) is 0 Å². The van der Waals surface area contributed by atoms with Gasteiger partial charge in [-0.2, -0.15) is 0 Å². The number of aliphatic carboxylic acids is 1. The normalized spacial score (nSPS) is 17.1. The predicted octanol–water partition coefficient (Wildman–Crippen LogP) is 2.32. The lowest BCUT2D eigenvalue weighted by atomic mass is 10.0. The molecule has 1 N–H and O–H groups in total. The smallest absolute Gasteiger partial charge is 0.309 e. The van der Waals surface area contributed by atoms with Crippen LogP contribution >= 0.6 is 0 Å². The number of ether oxygens (including phenoxy) is 1. The van der Waals surface area contributed by atoms with Gasteiger partial charge < -0.3 is 9.84 Å². The highest BCUT2D eigenvalue weighted by atomic mass is 16.5. The summed E-state index contributed by atoms with van der Waals surface area (Å²) >= 11 is 0. The molecule has 0 radical (unpaired) electrons. The average Bonchev–Trinajstić information content (AvgIpc) is 3.01. The summed E-state index contributed by atoms with van der Waals surface area (Å²) in [5.41, 5.74) is -0.477. The molecule has 0 heterocycles. The summed E-state index contributed by atoms with van der Waals surface area (Å²) in [6, 6.07) is 9.48. The monoisotopic (exact) mass is 206 g/mol. The van der Waals surface area contributed by atoms with Crippen LogP contribution in [-0.2, 0) is 4.79 Å². The van der Waals surface area contributed by atoms with Crippen LogP contribution in [0.5, 0.6) is 5.75 Å². The van der Waals surface area contributed by atoms with Crippen LogP contribution in [0.4, 0.5) is 0 Å². The molecule has 1 aromatic carbocycles. The van der Waals surface area contributed by atoms with Crippen molar-refractivity contribution >= 4 is 5.97 Å². The summed E-state index contributed by atoms with van der Waals surface area (Å²) in [6.07, 6.45) is 2.19. The minimum Gasteiger partial charge on any atom is -0.494 e. The predicted molar refractivity (Wildman–Crippen MR) is 55.9 cm³/mol. The van der Waals surface area contributed by atoms with E-state index in [0.717, 1.165) is 18.6 Å². The fourth-order valence-corrected chi connectivity index (χ4v) is 1.60. The first-order chi connectivity index (χ1) is 7.23. The SMILES string of the molecule is O=C(O)C1(CCOc2ccccc2)CC1. The van der Waals surface area contributed by atoms with E-state index in [-0.39, 0.29) is 0 Å². The Balaban J connectivity index is 1.79. The van der Waals surface area contributed by atoms with Gasteiger partial charge in [0.1, 0.15) is 5.75 Å². The third-order valence-electron chi connectivity index (χ3n) is 2.90. The maximum atomic E-state index is 10.9. The Morgan fingerprint density at radius 3 is 2.53 bits per heavy atom. The number of hydrogen-bond acceptors (Lipinski definition) is 2. The highest BCUT2D eigenvalue weighted by Gasteiger charge is 2.49. The number of hydrogen-bond donors (Lipinski definition) is 1. The molecule has 2 rings (SSSR count). The van der Waals surface area contributed by atoms with Crippen molar-refractivity contribution in [1.29, 1.82) is 0 Å². The number of benzene rings is 1. The molecule has 15 heavy (non-hydrogen) atoms. The van der Waals surface area contributed by atoms with Crippen LogP contribution in [0, 0.1) is 5.41 Å². The van der Waals surface area contributed by atoms with Gasteiger partial charge in [0.2, 0.25) is 0 Å². The third-order valence-corrected chi connectivity index (χ3v) is 2.90. The van der Waals surface area contributed by atoms with Crippen LogP contribution in [0.3, 0.4) is 0 Å². The molecule has 1 aliphatic carbocycles. The summed E-state index contributed by atoms with van der Waals surface area (Å²) in [6.45, 7) is 0.482. The highest BCUT2D eigenvalue weighted by molar-refractivity contribution is 5.77. The van der Waals surface area contributed by atoms with Crippen molar-refractivity contribution in [3.05, 3.63) is 30.3 Å². The third kappa shape index (κ3) is 2.29. The second-order valence-corrected chi connectivity index (χ2v) is 4.00. The molecule has 1 aromatic rings. The van der Waals surface area contributed by atoms with Crippen LogP contribution < -0.4 is 4.74 Å². The van der Waals surface area contributed by atoms with Crippen LogP contribution in [-0.4, -0.2) is 17.7 Å². The van der Waals surface area contributed by atoms with E-state index in [9.17, 15) is 4.79 Å². The lowest BCUT2D eigenvalue weighted by Crippen LogP contribution is -2.17. The van der Waals surface area contributed by atoms with Crippen LogP contribution in [0.1, 0.15) is 19.3 Å². The molecule has 0 unspecified atom stereocenters. The van der Waals surface area contributed by atoms with Gasteiger partial charge in [-0.25, -0.2) is 0 Å². The summed E-state index contributed by atoms with van der Waals surface area (Å²) in [4.78, 5) is 10.9. The van der Waals surface area contributed by atoms with E-state index in [4.69, 9.17) is 9.84 Å². The minimum atomic E-state index is -0.681. The van der Waals surface area contributed by atoms with Crippen LogP contribution in [0.15, 0.2) is 30.3 Å². The molecular weight excluding hydrogens is 192 g/mol. The van der Waals surface area contributed by atoms with Gasteiger partial charge in [0.25, 0.3) is 0 Å². The van der Waals surface area contributed by atoms with Gasteiger partial charge in [0.15, 0.2) is 0 Å². The Kier molecular flexibility index (Phi) is 2.62. The van der Waals surface area contributed by atoms with Crippen molar-refractivity contribution in [2.45, 2.75) is 19.3 Å². The summed E-state index contributed by atoms with van der Waals surface area (Å²) in [5.74, 6) is 0.123. The largest absolute Gasteiger partial charge is 0.494 e. The topological polar surface area (TPSA) is 46.5 Å². The van der Waals surface area contributed by atoms with E-state index in [1.54, 1.807) is 0 Å².